The molecule has 0 saturated carbocycles. The molecule has 1 amide bonds. The Bertz CT molecular complexity index is 969. The molecular weight excluding hydrogens is 356 g/mol. The number of likely N-dealkylation sites (tertiary alicyclic amines) is 1. The van der Waals surface area contributed by atoms with E-state index in [4.69, 9.17) is 8.83 Å². The van der Waals surface area contributed by atoms with Crippen LogP contribution in [-0.2, 0) is 11.2 Å². The molecule has 26 heavy (non-hydrogen) atoms. The number of nitrogens with one attached hydrogen (secondary N) is 1. The van der Waals surface area contributed by atoms with Crippen LogP contribution in [0.2, 0.25) is 0 Å². The summed E-state index contributed by atoms with van der Waals surface area (Å²) in [5, 5.41) is 8.83. The Morgan fingerprint density at radius 1 is 1.42 bits per heavy atom. The highest BCUT2D eigenvalue weighted by Gasteiger charge is 2.28. The van der Waals surface area contributed by atoms with Crippen molar-refractivity contribution in [3.63, 3.8) is 0 Å². The molecule has 1 unspecified atom stereocenters. The lowest BCUT2D eigenvalue weighted by Gasteiger charge is -2.31. The van der Waals surface area contributed by atoms with E-state index in [0.717, 1.165) is 35.1 Å². The third-order valence-corrected chi connectivity index (χ3v) is 5.32. The van der Waals surface area contributed by atoms with Gasteiger partial charge in [-0.3, -0.25) is 4.79 Å². The maximum Gasteiger partial charge on any atom is 0.434 e. The van der Waals surface area contributed by atoms with Gasteiger partial charge in [-0.25, -0.2) is 14.9 Å². The van der Waals surface area contributed by atoms with Gasteiger partial charge in [0.2, 0.25) is 11.8 Å². The van der Waals surface area contributed by atoms with E-state index < -0.39 is 5.76 Å². The van der Waals surface area contributed by atoms with Crippen molar-refractivity contribution >= 4 is 17.2 Å². The smallest absolute Gasteiger partial charge is 0.434 e. The van der Waals surface area contributed by atoms with Crippen molar-refractivity contribution in [2.45, 2.75) is 32.1 Å². The molecule has 3 aromatic rings. The summed E-state index contributed by atoms with van der Waals surface area (Å²) < 4.78 is 10.6. The second-order valence-electron chi connectivity index (χ2n) is 6.36. The highest BCUT2D eigenvalue weighted by Crippen LogP contribution is 2.27. The molecule has 0 bridgehead atoms. The number of piperidine rings is 1. The normalized spacial score (nSPS) is 17.6. The van der Waals surface area contributed by atoms with Crippen molar-refractivity contribution in [2.24, 2.45) is 0 Å². The van der Waals surface area contributed by atoms with Gasteiger partial charge in [-0.1, -0.05) is 0 Å². The Hall–Kier alpha value is -2.68. The van der Waals surface area contributed by atoms with Gasteiger partial charge in [-0.15, -0.1) is 16.4 Å². The number of thiazole rings is 1. The quantitative estimate of drug-likeness (QED) is 0.751. The predicted molar refractivity (Wildman–Crippen MR) is 93.9 cm³/mol. The molecule has 0 aliphatic carbocycles. The lowest BCUT2D eigenvalue weighted by Crippen LogP contribution is -2.40. The number of carbonyl (C=O) groups excluding carboxylic acids is 1. The van der Waals surface area contributed by atoms with E-state index in [-0.39, 0.29) is 18.2 Å². The summed E-state index contributed by atoms with van der Waals surface area (Å²) in [5.41, 5.74) is 0.734. The zero-order valence-electron chi connectivity index (χ0n) is 14.2. The fourth-order valence-electron chi connectivity index (χ4n) is 3.14. The highest BCUT2D eigenvalue weighted by molar-refractivity contribution is 7.13. The number of hydrogen-bond donors (Lipinski definition) is 1. The number of aryl methyl sites for hydroxylation is 1. The molecule has 4 rings (SSSR count). The van der Waals surface area contributed by atoms with Gasteiger partial charge in [0, 0.05) is 18.5 Å². The Morgan fingerprint density at radius 3 is 3.04 bits per heavy atom. The van der Waals surface area contributed by atoms with Crippen LogP contribution in [0, 0.1) is 6.92 Å². The second kappa shape index (κ2) is 6.91. The summed E-state index contributed by atoms with van der Waals surface area (Å²) in [4.78, 5) is 30.1. The summed E-state index contributed by atoms with van der Waals surface area (Å²) in [7, 11) is 0. The van der Waals surface area contributed by atoms with E-state index >= 15 is 0 Å². The fourth-order valence-corrected chi connectivity index (χ4v) is 3.92. The van der Waals surface area contributed by atoms with Gasteiger partial charge in [0.1, 0.15) is 5.76 Å². The molecule has 1 atom stereocenters. The first-order chi connectivity index (χ1) is 12.6. The zero-order valence-corrected chi connectivity index (χ0v) is 15.0. The van der Waals surface area contributed by atoms with Crippen LogP contribution in [0.15, 0.2) is 31.1 Å². The number of aromatic nitrogens is 3. The van der Waals surface area contributed by atoms with Gasteiger partial charge in [0.05, 0.1) is 18.0 Å². The van der Waals surface area contributed by atoms with Crippen molar-refractivity contribution in [1.29, 1.82) is 0 Å². The van der Waals surface area contributed by atoms with E-state index in [2.05, 4.69) is 15.2 Å². The van der Waals surface area contributed by atoms with Gasteiger partial charge in [0.15, 0.2) is 10.8 Å². The molecule has 1 N–H and O–H groups in total. The van der Waals surface area contributed by atoms with Crippen molar-refractivity contribution < 1.29 is 13.6 Å². The van der Waals surface area contributed by atoms with Crippen LogP contribution in [0.4, 0.5) is 0 Å². The van der Waals surface area contributed by atoms with Gasteiger partial charge in [-0.2, -0.15) is 0 Å². The molecule has 4 heterocycles. The van der Waals surface area contributed by atoms with Crippen LogP contribution in [-0.4, -0.2) is 39.1 Å². The topological polar surface area (TPSA) is 105 Å². The molecule has 0 aromatic carbocycles. The van der Waals surface area contributed by atoms with Crippen molar-refractivity contribution in [2.75, 3.05) is 13.1 Å². The molecule has 0 spiro atoms. The third-order valence-electron chi connectivity index (χ3n) is 4.41. The Labute approximate surface area is 152 Å². The first-order valence-electron chi connectivity index (χ1n) is 8.43. The number of rotatable bonds is 4. The standard InChI is InChI=1S/C17H18N4O4S/c1-10-4-5-13(24-10)16-18-12(9-26-16)7-14(22)21-6-2-3-11(8-21)15-19-20-17(23)25-15/h4-5,9,11H,2-3,6-8H2,1H3,(H,20,23). The molecule has 9 heteroatoms. The minimum atomic E-state index is -0.563. The first kappa shape index (κ1) is 16.8. The number of furan rings is 1. The van der Waals surface area contributed by atoms with E-state index in [9.17, 15) is 9.59 Å². The highest BCUT2D eigenvalue weighted by atomic mass is 32.1. The molecule has 8 nitrogen and oxygen atoms in total. The second-order valence-corrected chi connectivity index (χ2v) is 7.22. The van der Waals surface area contributed by atoms with E-state index in [1.807, 2.05) is 24.4 Å². The molecule has 1 saturated heterocycles. The van der Waals surface area contributed by atoms with Gasteiger partial charge < -0.3 is 13.7 Å². The molecule has 136 valence electrons. The number of aromatic amines is 1. The zero-order chi connectivity index (χ0) is 18.1. The maximum atomic E-state index is 12.6. The summed E-state index contributed by atoms with van der Waals surface area (Å²) in [6.45, 7) is 3.08. The predicted octanol–water partition coefficient (Wildman–Crippen LogP) is 2.34. The average Bonchev–Trinajstić information content (AvgIpc) is 3.36. The van der Waals surface area contributed by atoms with Gasteiger partial charge in [-0.05, 0) is 31.9 Å². The van der Waals surface area contributed by atoms with Crippen molar-refractivity contribution in [1.82, 2.24) is 20.1 Å². The van der Waals surface area contributed by atoms with Crippen LogP contribution in [0.3, 0.4) is 0 Å². The van der Waals surface area contributed by atoms with Gasteiger partial charge >= 0.3 is 5.76 Å². The fraction of sp³-hybridized carbons (Fsp3) is 0.412. The Morgan fingerprint density at radius 2 is 2.31 bits per heavy atom. The van der Waals surface area contributed by atoms with Crippen LogP contribution in [0.1, 0.15) is 36.1 Å². The van der Waals surface area contributed by atoms with E-state index in [0.29, 0.717) is 19.0 Å². The van der Waals surface area contributed by atoms with Crippen LogP contribution < -0.4 is 5.76 Å². The van der Waals surface area contributed by atoms with Gasteiger partial charge in [0.25, 0.3) is 0 Å². The molecular formula is C17H18N4O4S. The molecule has 1 aliphatic heterocycles. The number of hydrogen-bond acceptors (Lipinski definition) is 7. The third kappa shape index (κ3) is 3.48. The molecule has 3 aromatic heterocycles. The maximum absolute atomic E-state index is 12.6. The first-order valence-corrected chi connectivity index (χ1v) is 9.31. The lowest BCUT2D eigenvalue weighted by atomic mass is 9.97. The minimum Gasteiger partial charge on any atom is -0.459 e. The summed E-state index contributed by atoms with van der Waals surface area (Å²) in [6.07, 6.45) is 1.94. The Balaban J connectivity index is 1.41. The minimum absolute atomic E-state index is 0.0139. The average molecular weight is 374 g/mol. The SMILES string of the molecule is Cc1ccc(-c2nc(CC(=O)N3CCCC(c4n[nH]c(=O)o4)C3)cs2)o1. The van der Waals surface area contributed by atoms with Crippen molar-refractivity contribution in [3.8, 4) is 10.8 Å². The summed E-state index contributed by atoms with van der Waals surface area (Å²) in [6, 6.07) is 3.77. The number of amides is 1. The summed E-state index contributed by atoms with van der Waals surface area (Å²) in [5.74, 6) is 1.32. The van der Waals surface area contributed by atoms with Crippen LogP contribution in [0.5, 0.6) is 0 Å². The number of H-pyrrole nitrogens is 1. The number of nitrogens with zero attached hydrogens (tertiary/aromatic N) is 3. The lowest BCUT2D eigenvalue weighted by molar-refractivity contribution is -0.131. The summed E-state index contributed by atoms with van der Waals surface area (Å²) >= 11 is 1.47. The van der Waals surface area contributed by atoms with E-state index in [1.165, 1.54) is 11.3 Å². The van der Waals surface area contributed by atoms with Crippen LogP contribution >= 0.6 is 11.3 Å². The monoisotopic (exact) mass is 374 g/mol. The Kier molecular flexibility index (Phi) is 4.46. The molecule has 1 fully saturated rings. The largest absolute Gasteiger partial charge is 0.459 e. The van der Waals surface area contributed by atoms with E-state index in [1.54, 1.807) is 4.90 Å². The molecule has 1 aliphatic rings. The number of carbonyl (C=O) groups is 1. The van der Waals surface area contributed by atoms with Crippen molar-refractivity contribution in [3.05, 3.63) is 45.4 Å². The van der Waals surface area contributed by atoms with Crippen LogP contribution in [0.25, 0.3) is 10.8 Å². The molecule has 0 radical (unpaired) electrons.